The SMILES string of the molecule is COC(=O)CCCCCCCCO[C@H]1O[C@H](C)[C@@H](OCCCCCCCCC(=O)OC)[C@H](OC(C)=O)[C@H]1O[C@@H]1O[C@H](COC(C)=O)[C@@H](OCc2ccccc2)[C@H](OCc2ccccc2)[C@H]1OCc1ccccc1. The highest BCUT2D eigenvalue weighted by Gasteiger charge is 2.55. The second kappa shape index (κ2) is 33.9. The van der Waals surface area contributed by atoms with Gasteiger partial charge in [0.25, 0.3) is 0 Å². The molecule has 73 heavy (non-hydrogen) atoms. The van der Waals surface area contributed by atoms with Gasteiger partial charge in [-0.05, 0) is 49.3 Å². The molecule has 2 fully saturated rings. The van der Waals surface area contributed by atoms with E-state index in [0.29, 0.717) is 32.5 Å². The molecule has 0 N–H and O–H groups in total. The number of esters is 4. The molecule has 2 heterocycles. The van der Waals surface area contributed by atoms with E-state index in [1.807, 2.05) is 97.9 Å². The molecule has 0 saturated carbocycles. The van der Waals surface area contributed by atoms with Gasteiger partial charge in [-0.2, -0.15) is 0 Å². The topological polar surface area (TPSA) is 179 Å². The number of methoxy groups -OCH3 is 2. The van der Waals surface area contributed by atoms with E-state index in [4.69, 9.17) is 56.8 Å². The number of benzene rings is 3. The Labute approximate surface area is 432 Å². The summed E-state index contributed by atoms with van der Waals surface area (Å²) >= 11 is 0. The summed E-state index contributed by atoms with van der Waals surface area (Å²) < 4.78 is 75.7. The Balaban J connectivity index is 1.44. The summed E-state index contributed by atoms with van der Waals surface area (Å²) in [5.74, 6) is -1.46. The van der Waals surface area contributed by atoms with E-state index < -0.39 is 73.4 Å². The molecule has 10 atom stereocenters. The molecule has 0 aliphatic carbocycles. The zero-order chi connectivity index (χ0) is 52.0. The minimum Gasteiger partial charge on any atom is -0.469 e. The minimum absolute atomic E-state index is 0.144. The van der Waals surface area contributed by atoms with Crippen LogP contribution < -0.4 is 0 Å². The van der Waals surface area contributed by atoms with Crippen LogP contribution in [-0.4, -0.2) is 119 Å². The highest BCUT2D eigenvalue weighted by atomic mass is 16.8. The molecule has 2 saturated heterocycles. The molecule has 0 amide bonds. The van der Waals surface area contributed by atoms with Gasteiger partial charge in [-0.15, -0.1) is 0 Å². The van der Waals surface area contributed by atoms with Crippen molar-refractivity contribution in [3.8, 4) is 0 Å². The fourth-order valence-corrected chi connectivity index (χ4v) is 8.93. The summed E-state index contributed by atoms with van der Waals surface area (Å²) in [6.07, 6.45) is 1.85. The Morgan fingerprint density at radius 1 is 0.452 bits per heavy atom. The smallest absolute Gasteiger partial charge is 0.305 e. The predicted molar refractivity (Wildman–Crippen MR) is 269 cm³/mol. The number of rotatable bonds is 34. The lowest BCUT2D eigenvalue weighted by Gasteiger charge is -2.49. The van der Waals surface area contributed by atoms with Crippen LogP contribution in [0.5, 0.6) is 0 Å². The van der Waals surface area contributed by atoms with Crippen molar-refractivity contribution in [1.29, 1.82) is 0 Å². The van der Waals surface area contributed by atoms with Crippen LogP contribution in [0.3, 0.4) is 0 Å². The third kappa shape index (κ3) is 21.5. The van der Waals surface area contributed by atoms with E-state index >= 15 is 0 Å². The fourth-order valence-electron chi connectivity index (χ4n) is 8.93. The zero-order valence-electron chi connectivity index (χ0n) is 43.6. The first-order valence-corrected chi connectivity index (χ1v) is 26.2. The van der Waals surface area contributed by atoms with E-state index in [1.165, 1.54) is 28.1 Å². The molecule has 5 rings (SSSR count). The molecule has 3 aromatic carbocycles. The predicted octanol–water partition coefficient (Wildman–Crippen LogP) is 9.30. The standard InChI is InChI=1S/C57H80O16/c1-41-50(64-35-25-12-8-6-10-23-33-48(60)62-4)53(71-43(3)59)55(56(70-41)65-36-26-13-9-7-11-24-34-49(61)63-5)73-57-54(69-39-46-31-21-16-22-32-46)52(68-38-45-29-19-15-20-30-45)51(47(72-57)40-66-42(2)58)67-37-44-27-17-14-18-28-44/h14-22,27-32,41,47,50-57H,6-13,23-26,33-40H2,1-5H3/t41-,47-,50-,51-,52+,53+,54-,55-,56+,57+/m1/s1. The van der Waals surface area contributed by atoms with E-state index in [9.17, 15) is 19.2 Å². The zero-order valence-corrected chi connectivity index (χ0v) is 43.6. The van der Waals surface area contributed by atoms with Gasteiger partial charge >= 0.3 is 23.9 Å². The molecule has 16 nitrogen and oxygen atoms in total. The average molecular weight is 1020 g/mol. The quantitative estimate of drug-likeness (QED) is 0.0314. The largest absolute Gasteiger partial charge is 0.469 e. The molecule has 0 aromatic heterocycles. The second-order valence-corrected chi connectivity index (χ2v) is 18.6. The highest BCUT2D eigenvalue weighted by Crippen LogP contribution is 2.36. The van der Waals surface area contributed by atoms with Crippen molar-refractivity contribution in [2.24, 2.45) is 0 Å². The van der Waals surface area contributed by atoms with E-state index in [-0.39, 0.29) is 38.4 Å². The Bertz CT molecular complexity index is 1990. The molecular formula is C57H80O16. The molecule has 0 bridgehead atoms. The van der Waals surface area contributed by atoms with Crippen LogP contribution in [0.2, 0.25) is 0 Å². The molecule has 0 spiro atoms. The normalized spacial score (nSPS) is 23.8. The van der Waals surface area contributed by atoms with Gasteiger partial charge < -0.3 is 56.8 Å². The van der Waals surface area contributed by atoms with Crippen LogP contribution in [0.15, 0.2) is 91.0 Å². The lowest BCUT2D eigenvalue weighted by molar-refractivity contribution is -0.376. The second-order valence-electron chi connectivity index (χ2n) is 18.6. The van der Waals surface area contributed by atoms with Gasteiger partial charge in [-0.1, -0.05) is 142 Å². The molecule has 404 valence electrons. The summed E-state index contributed by atoms with van der Waals surface area (Å²) in [5.41, 5.74) is 2.71. The van der Waals surface area contributed by atoms with Crippen molar-refractivity contribution in [2.45, 2.75) is 192 Å². The number of ether oxygens (including phenoxy) is 12. The van der Waals surface area contributed by atoms with Crippen LogP contribution in [0.1, 0.15) is 127 Å². The number of hydrogen-bond donors (Lipinski definition) is 0. The Morgan fingerprint density at radius 3 is 1.38 bits per heavy atom. The van der Waals surface area contributed by atoms with Crippen molar-refractivity contribution in [2.75, 3.05) is 34.0 Å². The lowest BCUT2D eigenvalue weighted by Crippen LogP contribution is -2.66. The third-order valence-electron chi connectivity index (χ3n) is 12.8. The van der Waals surface area contributed by atoms with Gasteiger partial charge in [0, 0.05) is 39.9 Å². The summed E-state index contributed by atoms with van der Waals surface area (Å²) in [6, 6.07) is 29.2. The molecular weight excluding hydrogens is 941 g/mol. The molecule has 2 aliphatic heterocycles. The number of carbonyl (C=O) groups excluding carboxylic acids is 4. The number of unbranched alkanes of at least 4 members (excludes halogenated alkanes) is 10. The summed E-state index contributed by atoms with van der Waals surface area (Å²) in [5, 5.41) is 0. The van der Waals surface area contributed by atoms with Gasteiger partial charge in [-0.25, -0.2) is 0 Å². The van der Waals surface area contributed by atoms with E-state index in [0.717, 1.165) is 87.3 Å². The van der Waals surface area contributed by atoms with Crippen molar-refractivity contribution < 1.29 is 76.0 Å². The Hall–Kier alpha value is -4.78. The van der Waals surface area contributed by atoms with Crippen molar-refractivity contribution in [1.82, 2.24) is 0 Å². The third-order valence-corrected chi connectivity index (χ3v) is 12.8. The van der Waals surface area contributed by atoms with Crippen LogP contribution in [-0.2, 0) is 95.8 Å². The van der Waals surface area contributed by atoms with Crippen molar-refractivity contribution in [3.63, 3.8) is 0 Å². The van der Waals surface area contributed by atoms with E-state index in [1.54, 1.807) is 0 Å². The van der Waals surface area contributed by atoms with Gasteiger partial charge in [0.2, 0.25) is 0 Å². The van der Waals surface area contributed by atoms with E-state index in [2.05, 4.69) is 0 Å². The maximum Gasteiger partial charge on any atom is 0.305 e. The molecule has 3 aromatic rings. The maximum absolute atomic E-state index is 13.2. The van der Waals surface area contributed by atoms with Gasteiger partial charge in [-0.3, -0.25) is 19.2 Å². The Kier molecular flexibility index (Phi) is 27.5. The van der Waals surface area contributed by atoms with Crippen LogP contribution in [0.4, 0.5) is 0 Å². The van der Waals surface area contributed by atoms with Crippen molar-refractivity contribution in [3.05, 3.63) is 108 Å². The summed E-state index contributed by atoms with van der Waals surface area (Å²) in [7, 11) is 2.80. The van der Waals surface area contributed by atoms with Crippen LogP contribution in [0.25, 0.3) is 0 Å². The minimum atomic E-state index is -1.25. The summed E-state index contributed by atoms with van der Waals surface area (Å²) in [4.78, 5) is 48.7. The molecule has 16 heteroatoms. The number of carbonyl (C=O) groups is 4. The van der Waals surface area contributed by atoms with Crippen LogP contribution >= 0.6 is 0 Å². The van der Waals surface area contributed by atoms with Crippen molar-refractivity contribution >= 4 is 23.9 Å². The van der Waals surface area contributed by atoms with Crippen LogP contribution in [0, 0.1) is 0 Å². The lowest BCUT2D eigenvalue weighted by atomic mass is 9.96. The average Bonchev–Trinajstić information content (AvgIpc) is 3.39. The maximum atomic E-state index is 13.2. The van der Waals surface area contributed by atoms with Gasteiger partial charge in [0.15, 0.2) is 24.8 Å². The molecule has 2 aliphatic rings. The first-order chi connectivity index (χ1) is 35.6. The van der Waals surface area contributed by atoms with Gasteiger partial charge in [0.1, 0.15) is 37.1 Å². The first kappa shape index (κ1) is 59.1. The number of hydrogen-bond acceptors (Lipinski definition) is 16. The monoisotopic (exact) mass is 1020 g/mol. The van der Waals surface area contributed by atoms with Gasteiger partial charge in [0.05, 0.1) is 40.1 Å². The summed E-state index contributed by atoms with van der Waals surface area (Å²) in [6.45, 7) is 5.52. The fraction of sp³-hybridized carbons (Fsp3) is 0.614. The first-order valence-electron chi connectivity index (χ1n) is 26.2. The Morgan fingerprint density at radius 2 is 0.904 bits per heavy atom. The molecule has 0 unspecified atom stereocenters. The molecule has 0 radical (unpaired) electrons. The highest BCUT2D eigenvalue weighted by molar-refractivity contribution is 5.69.